The van der Waals surface area contributed by atoms with Gasteiger partial charge in [0, 0.05) is 13.1 Å². The molecule has 0 fully saturated rings. The summed E-state index contributed by atoms with van der Waals surface area (Å²) in [6.07, 6.45) is 3.39. The van der Waals surface area contributed by atoms with Crippen molar-refractivity contribution in [1.29, 1.82) is 0 Å². The Kier molecular flexibility index (Phi) is 13.7. The van der Waals surface area contributed by atoms with Crippen LogP contribution in [-0.2, 0) is 9.09 Å². The number of rotatable bonds is 7. The van der Waals surface area contributed by atoms with Crippen molar-refractivity contribution in [3.8, 4) is 0 Å². The molecule has 0 aliphatic rings. The van der Waals surface area contributed by atoms with Crippen LogP contribution in [0.25, 0.3) is 0 Å². The molecule has 0 aliphatic heterocycles. The van der Waals surface area contributed by atoms with E-state index in [1.165, 1.54) is 0 Å². The van der Waals surface area contributed by atoms with Crippen molar-refractivity contribution in [1.82, 2.24) is 4.90 Å². The molecule has 4 nitrogen and oxygen atoms in total. The molecule has 0 aliphatic carbocycles. The minimum absolute atomic E-state index is 0. The fraction of sp³-hybridized carbons (Fsp3) is 0.429. The zero-order valence-electron chi connectivity index (χ0n) is 6.90. The molecule has 0 amide bonds. The molecular weight excluding hydrogens is 217 g/mol. The van der Waals surface area contributed by atoms with E-state index in [0.29, 0.717) is 13.1 Å². The van der Waals surface area contributed by atoms with Crippen LogP contribution in [0.4, 0.5) is 0 Å². The van der Waals surface area contributed by atoms with Gasteiger partial charge in [-0.3, -0.25) is 14.0 Å². The fourth-order valence-corrected chi connectivity index (χ4v) is 0.985. The van der Waals surface area contributed by atoms with Crippen molar-refractivity contribution in [2.45, 2.75) is 0 Å². The van der Waals surface area contributed by atoms with Gasteiger partial charge in [-0.15, -0.1) is 13.2 Å². The molecule has 0 aromatic rings. The van der Waals surface area contributed by atoms with Gasteiger partial charge in [0.25, 0.3) is 0 Å². The van der Waals surface area contributed by atoms with Crippen LogP contribution >= 0.6 is 8.25 Å². The Morgan fingerprint density at radius 1 is 1.38 bits per heavy atom. The van der Waals surface area contributed by atoms with E-state index in [0.717, 1.165) is 0 Å². The Balaban J connectivity index is 0. The monoisotopic (exact) mass is 233 g/mol. The van der Waals surface area contributed by atoms with Gasteiger partial charge in [0.05, 0.1) is 0 Å². The van der Waals surface area contributed by atoms with Crippen molar-refractivity contribution in [3.63, 3.8) is 0 Å². The average molecular weight is 233 g/mol. The van der Waals surface area contributed by atoms with Gasteiger partial charge < -0.3 is 4.89 Å². The van der Waals surface area contributed by atoms with Gasteiger partial charge in [0.15, 0.2) is 0 Å². The van der Waals surface area contributed by atoms with E-state index in [2.05, 4.69) is 17.7 Å². The first-order valence-electron chi connectivity index (χ1n) is 3.50. The molecule has 0 spiro atoms. The van der Waals surface area contributed by atoms with Crippen molar-refractivity contribution < 1.29 is 14.0 Å². The summed E-state index contributed by atoms with van der Waals surface area (Å²) >= 11 is 0. The Labute approximate surface area is 109 Å². The molecule has 0 saturated heterocycles. The van der Waals surface area contributed by atoms with E-state index < -0.39 is 8.25 Å². The van der Waals surface area contributed by atoms with Gasteiger partial charge in [-0.2, -0.15) is 0 Å². The second kappa shape index (κ2) is 10.9. The fourth-order valence-electron chi connectivity index (χ4n) is 0.692. The molecule has 0 bridgehead atoms. The third-order valence-electron chi connectivity index (χ3n) is 1.15. The molecule has 1 unspecified atom stereocenters. The van der Waals surface area contributed by atoms with Gasteiger partial charge in [-0.25, -0.2) is 0 Å². The first-order chi connectivity index (χ1) is 5.70. The average Bonchev–Trinajstić information content (AvgIpc) is 2.01. The van der Waals surface area contributed by atoms with Crippen LogP contribution in [0.2, 0.25) is 0 Å². The number of hydrogen-bond donors (Lipinski definition) is 1. The molecule has 1 N–H and O–H groups in total. The van der Waals surface area contributed by atoms with Crippen LogP contribution < -0.4 is 0 Å². The summed E-state index contributed by atoms with van der Waals surface area (Å²) < 4.78 is 14.7. The van der Waals surface area contributed by atoms with Crippen molar-refractivity contribution >= 4 is 46.0 Å². The van der Waals surface area contributed by atoms with E-state index in [-0.39, 0.29) is 44.5 Å². The standard InChI is InChI=1S/C7H14NO3P.Ca.2H/c1-3-5-8(6-4-2)7-11-12(9)10;;;/h3-4,12H,1-2,5-7H2,(H,9,10);;;. The summed E-state index contributed by atoms with van der Waals surface area (Å²) in [6, 6.07) is 0. The zero-order chi connectivity index (χ0) is 9.40. The van der Waals surface area contributed by atoms with Crippen LogP contribution in [0.1, 0.15) is 0 Å². The predicted molar refractivity (Wildman–Crippen MR) is 57.7 cm³/mol. The van der Waals surface area contributed by atoms with Crippen LogP contribution in [0.15, 0.2) is 25.3 Å². The zero-order valence-corrected chi connectivity index (χ0v) is 7.90. The molecule has 0 aromatic carbocycles. The molecular formula is C7H16CaNO3P. The summed E-state index contributed by atoms with van der Waals surface area (Å²) in [5.41, 5.74) is 0. The van der Waals surface area contributed by atoms with Crippen LogP contribution in [0.3, 0.4) is 0 Å². The van der Waals surface area contributed by atoms with Gasteiger partial charge in [0.1, 0.15) is 6.73 Å². The summed E-state index contributed by atoms with van der Waals surface area (Å²) in [5, 5.41) is 0. The first-order valence-corrected chi connectivity index (χ1v) is 4.77. The summed E-state index contributed by atoms with van der Waals surface area (Å²) in [7, 11) is -2.83. The second-order valence-corrected chi connectivity index (χ2v) is 2.97. The molecule has 74 valence electrons. The third-order valence-corrected chi connectivity index (χ3v) is 1.52. The van der Waals surface area contributed by atoms with Crippen LogP contribution in [-0.4, -0.2) is 67.4 Å². The van der Waals surface area contributed by atoms with Crippen molar-refractivity contribution in [2.75, 3.05) is 19.8 Å². The first kappa shape index (κ1) is 16.3. The molecule has 0 saturated carbocycles. The van der Waals surface area contributed by atoms with Crippen LogP contribution in [0.5, 0.6) is 0 Å². The Morgan fingerprint density at radius 3 is 2.15 bits per heavy atom. The molecule has 0 rings (SSSR count). The molecule has 13 heavy (non-hydrogen) atoms. The maximum absolute atomic E-state index is 10.2. The third kappa shape index (κ3) is 10.8. The second-order valence-electron chi connectivity index (χ2n) is 2.15. The normalized spacial score (nSPS) is 11.8. The van der Waals surface area contributed by atoms with E-state index in [1.807, 2.05) is 0 Å². The summed E-state index contributed by atoms with van der Waals surface area (Å²) in [6.45, 7) is 8.45. The minimum atomic E-state index is -2.83. The molecule has 6 heteroatoms. The topological polar surface area (TPSA) is 49.8 Å². The maximum atomic E-state index is 10.2. The molecule has 1 atom stereocenters. The Bertz CT molecular complexity index is 167. The number of nitrogens with zero attached hydrogens (tertiary/aromatic N) is 1. The van der Waals surface area contributed by atoms with Gasteiger partial charge in [0.2, 0.25) is 0 Å². The molecule has 0 radical (unpaired) electrons. The van der Waals surface area contributed by atoms with E-state index in [1.54, 1.807) is 17.1 Å². The van der Waals surface area contributed by atoms with Gasteiger partial charge in [-0.05, 0) is 0 Å². The van der Waals surface area contributed by atoms with E-state index in [9.17, 15) is 4.57 Å². The Morgan fingerprint density at radius 2 is 1.85 bits per heavy atom. The van der Waals surface area contributed by atoms with E-state index in [4.69, 9.17) is 4.89 Å². The summed E-state index contributed by atoms with van der Waals surface area (Å²) in [5.74, 6) is 0. The SMILES string of the molecule is C=CCN(CC=C)CO[PH](=O)O.[CaH2]. The van der Waals surface area contributed by atoms with Crippen LogP contribution in [0, 0.1) is 0 Å². The number of hydrogen-bond acceptors (Lipinski definition) is 3. The van der Waals surface area contributed by atoms with Crippen molar-refractivity contribution in [2.24, 2.45) is 0 Å². The predicted octanol–water partition coefficient (Wildman–Crippen LogP) is 0.100. The summed E-state index contributed by atoms with van der Waals surface area (Å²) in [4.78, 5) is 10.2. The molecule has 0 heterocycles. The van der Waals surface area contributed by atoms with E-state index >= 15 is 0 Å². The Hall–Kier alpha value is 0.850. The quantitative estimate of drug-likeness (QED) is 0.293. The van der Waals surface area contributed by atoms with Crippen molar-refractivity contribution in [3.05, 3.63) is 25.3 Å². The van der Waals surface area contributed by atoms with Gasteiger partial charge >= 0.3 is 46.0 Å². The molecule has 0 aromatic heterocycles. The van der Waals surface area contributed by atoms with Gasteiger partial charge in [-0.1, -0.05) is 12.2 Å².